The number of rotatable bonds is 6. The summed E-state index contributed by atoms with van der Waals surface area (Å²) in [6.07, 6.45) is -0.920. The molecule has 1 heterocycles. The highest BCUT2D eigenvalue weighted by molar-refractivity contribution is 5.76. The van der Waals surface area contributed by atoms with Gasteiger partial charge in [-0.15, -0.1) is 0 Å². The molecule has 2 rings (SSSR count). The van der Waals surface area contributed by atoms with Crippen LogP contribution in [-0.4, -0.2) is 49.2 Å². The highest BCUT2D eigenvalue weighted by atomic mass is 19.4. The summed E-state index contributed by atoms with van der Waals surface area (Å²) >= 11 is 0. The molecule has 20 heavy (non-hydrogen) atoms. The normalized spacial score (nSPS) is 25.7. The molecule has 2 fully saturated rings. The molecule has 1 amide bonds. The number of alkyl halides is 3. The van der Waals surface area contributed by atoms with Crippen molar-refractivity contribution in [3.05, 3.63) is 0 Å². The maximum absolute atomic E-state index is 12.2. The maximum atomic E-state index is 12.2. The van der Waals surface area contributed by atoms with Crippen LogP contribution in [0, 0.1) is 11.8 Å². The molecule has 2 atom stereocenters. The van der Waals surface area contributed by atoms with Crippen LogP contribution in [-0.2, 0) is 4.79 Å². The molecule has 3 N–H and O–H groups in total. The number of carbonyl (C=O) groups excluding carboxylic acids is 1. The van der Waals surface area contributed by atoms with Crippen LogP contribution in [0.1, 0.15) is 25.7 Å². The van der Waals surface area contributed by atoms with Crippen molar-refractivity contribution in [2.24, 2.45) is 17.6 Å². The van der Waals surface area contributed by atoms with Crippen LogP contribution in [0.2, 0.25) is 0 Å². The van der Waals surface area contributed by atoms with Gasteiger partial charge in [-0.05, 0) is 37.6 Å². The fourth-order valence-electron chi connectivity index (χ4n) is 2.71. The van der Waals surface area contributed by atoms with Crippen molar-refractivity contribution in [2.75, 3.05) is 26.2 Å². The number of hydrogen-bond donors (Lipinski definition) is 2. The summed E-state index contributed by atoms with van der Waals surface area (Å²) in [5.41, 5.74) is 5.86. The van der Waals surface area contributed by atoms with Gasteiger partial charge >= 0.3 is 6.18 Å². The van der Waals surface area contributed by atoms with Gasteiger partial charge in [0, 0.05) is 25.6 Å². The van der Waals surface area contributed by atoms with Gasteiger partial charge in [-0.25, -0.2) is 0 Å². The fourth-order valence-corrected chi connectivity index (χ4v) is 2.71. The monoisotopic (exact) mass is 293 g/mol. The zero-order valence-electron chi connectivity index (χ0n) is 11.5. The van der Waals surface area contributed by atoms with Gasteiger partial charge in [-0.1, -0.05) is 0 Å². The van der Waals surface area contributed by atoms with Crippen LogP contribution in [0.4, 0.5) is 13.2 Å². The summed E-state index contributed by atoms with van der Waals surface area (Å²) in [6, 6.07) is -0.0692. The highest BCUT2D eigenvalue weighted by Gasteiger charge is 2.34. The number of likely N-dealkylation sites (tertiary alicyclic amines) is 1. The van der Waals surface area contributed by atoms with Crippen molar-refractivity contribution in [3.63, 3.8) is 0 Å². The summed E-state index contributed by atoms with van der Waals surface area (Å²) in [5.74, 6) is 0.506. The van der Waals surface area contributed by atoms with E-state index in [4.69, 9.17) is 5.73 Å². The van der Waals surface area contributed by atoms with Crippen molar-refractivity contribution >= 4 is 5.91 Å². The van der Waals surface area contributed by atoms with E-state index in [-0.39, 0.29) is 17.9 Å². The zero-order valence-corrected chi connectivity index (χ0v) is 11.5. The van der Waals surface area contributed by atoms with E-state index in [9.17, 15) is 18.0 Å². The third-order valence-corrected chi connectivity index (χ3v) is 4.01. The molecule has 0 radical (unpaired) electrons. The summed E-state index contributed by atoms with van der Waals surface area (Å²) in [5, 5.41) is 2.79. The molecule has 0 aromatic carbocycles. The van der Waals surface area contributed by atoms with Crippen LogP contribution < -0.4 is 11.1 Å². The lowest BCUT2D eigenvalue weighted by molar-refractivity contribution is -0.143. The first-order valence-corrected chi connectivity index (χ1v) is 7.15. The summed E-state index contributed by atoms with van der Waals surface area (Å²) < 4.78 is 36.7. The molecule has 4 nitrogen and oxygen atoms in total. The standard InChI is InChI=1S/C13H22F3N3O/c14-13(15,16)8-19-4-3-9(7-19)6-18-12(20)5-11(17)10-1-2-10/h9-11H,1-8,17H2,(H,18,20). The van der Waals surface area contributed by atoms with Crippen LogP contribution >= 0.6 is 0 Å². The first-order valence-electron chi connectivity index (χ1n) is 7.15. The van der Waals surface area contributed by atoms with Gasteiger partial charge < -0.3 is 11.1 Å². The Bertz CT molecular complexity index is 344. The third kappa shape index (κ3) is 5.28. The molecular weight excluding hydrogens is 271 g/mol. The second-order valence-corrected chi connectivity index (χ2v) is 6.01. The Labute approximate surface area is 116 Å². The molecule has 0 bridgehead atoms. The molecule has 0 aromatic heterocycles. The molecule has 116 valence electrons. The van der Waals surface area contributed by atoms with Gasteiger partial charge in [-0.2, -0.15) is 13.2 Å². The molecule has 2 unspecified atom stereocenters. The Hall–Kier alpha value is -0.820. The number of nitrogens with one attached hydrogen (secondary N) is 1. The van der Waals surface area contributed by atoms with E-state index < -0.39 is 12.7 Å². The minimum Gasteiger partial charge on any atom is -0.356 e. The van der Waals surface area contributed by atoms with Gasteiger partial charge in [-0.3, -0.25) is 9.69 Å². The lowest BCUT2D eigenvalue weighted by Gasteiger charge is -2.18. The van der Waals surface area contributed by atoms with Crippen molar-refractivity contribution in [1.82, 2.24) is 10.2 Å². The lowest BCUT2D eigenvalue weighted by Crippen LogP contribution is -2.37. The topological polar surface area (TPSA) is 58.4 Å². The van der Waals surface area contributed by atoms with Gasteiger partial charge in [0.1, 0.15) is 0 Å². The number of nitrogens with zero attached hydrogens (tertiary/aromatic N) is 1. The molecule has 1 saturated carbocycles. The molecule has 7 heteroatoms. The number of halogens is 3. The van der Waals surface area contributed by atoms with Gasteiger partial charge in [0.15, 0.2) is 0 Å². The van der Waals surface area contributed by atoms with Crippen LogP contribution in [0.5, 0.6) is 0 Å². The van der Waals surface area contributed by atoms with Gasteiger partial charge in [0.05, 0.1) is 6.54 Å². The number of amides is 1. The summed E-state index contributed by atoms with van der Waals surface area (Å²) in [6.45, 7) is 0.435. The van der Waals surface area contributed by atoms with E-state index in [1.54, 1.807) is 0 Å². The Morgan fingerprint density at radius 1 is 1.35 bits per heavy atom. The SMILES string of the molecule is NC(CC(=O)NCC1CCN(CC(F)(F)F)C1)C1CC1. The molecule has 0 aromatic rings. The molecule has 1 aliphatic carbocycles. The minimum absolute atomic E-state index is 0.0692. The molecule has 1 saturated heterocycles. The van der Waals surface area contributed by atoms with Crippen LogP contribution in [0.15, 0.2) is 0 Å². The van der Waals surface area contributed by atoms with Crippen molar-refractivity contribution in [3.8, 4) is 0 Å². The average Bonchev–Trinajstić information content (AvgIpc) is 3.08. The Balaban J connectivity index is 1.61. The highest BCUT2D eigenvalue weighted by Crippen LogP contribution is 2.32. The van der Waals surface area contributed by atoms with E-state index in [0.717, 1.165) is 12.8 Å². The number of carbonyl (C=O) groups is 1. The Morgan fingerprint density at radius 3 is 2.65 bits per heavy atom. The predicted molar refractivity (Wildman–Crippen MR) is 68.9 cm³/mol. The van der Waals surface area contributed by atoms with E-state index in [2.05, 4.69) is 5.32 Å². The van der Waals surface area contributed by atoms with Crippen molar-refractivity contribution in [2.45, 2.75) is 37.9 Å². The minimum atomic E-state index is -4.14. The molecule has 1 aliphatic heterocycles. The largest absolute Gasteiger partial charge is 0.401 e. The summed E-state index contributed by atoms with van der Waals surface area (Å²) in [4.78, 5) is 13.1. The van der Waals surface area contributed by atoms with Crippen molar-refractivity contribution in [1.29, 1.82) is 0 Å². The molecule has 2 aliphatic rings. The number of nitrogens with two attached hydrogens (primary N) is 1. The quantitative estimate of drug-likeness (QED) is 0.771. The van der Waals surface area contributed by atoms with Crippen LogP contribution in [0.3, 0.4) is 0 Å². The summed E-state index contributed by atoms with van der Waals surface area (Å²) in [7, 11) is 0. The molecular formula is C13H22F3N3O. The Kier molecular flexibility index (Phi) is 4.90. The second-order valence-electron chi connectivity index (χ2n) is 6.01. The van der Waals surface area contributed by atoms with E-state index in [0.29, 0.717) is 38.4 Å². The van der Waals surface area contributed by atoms with E-state index in [1.807, 2.05) is 0 Å². The number of hydrogen-bond acceptors (Lipinski definition) is 3. The average molecular weight is 293 g/mol. The van der Waals surface area contributed by atoms with Gasteiger partial charge in [0.25, 0.3) is 0 Å². The van der Waals surface area contributed by atoms with E-state index in [1.165, 1.54) is 4.90 Å². The smallest absolute Gasteiger partial charge is 0.356 e. The van der Waals surface area contributed by atoms with Crippen molar-refractivity contribution < 1.29 is 18.0 Å². The first-order chi connectivity index (χ1) is 9.33. The third-order valence-electron chi connectivity index (χ3n) is 4.01. The van der Waals surface area contributed by atoms with Crippen LogP contribution in [0.25, 0.3) is 0 Å². The Morgan fingerprint density at radius 2 is 2.05 bits per heavy atom. The predicted octanol–water partition coefficient (Wildman–Crippen LogP) is 1.11. The second kappa shape index (κ2) is 6.30. The molecule has 0 spiro atoms. The van der Waals surface area contributed by atoms with Gasteiger partial charge in [0.2, 0.25) is 5.91 Å². The zero-order chi connectivity index (χ0) is 14.8. The lowest BCUT2D eigenvalue weighted by atomic mass is 10.1. The first kappa shape index (κ1) is 15.6. The fraction of sp³-hybridized carbons (Fsp3) is 0.923. The maximum Gasteiger partial charge on any atom is 0.401 e. The van der Waals surface area contributed by atoms with E-state index >= 15 is 0 Å².